The molecule has 0 spiro atoms. The van der Waals surface area contributed by atoms with Crippen LogP contribution < -0.4 is 5.32 Å². The van der Waals surface area contributed by atoms with Gasteiger partial charge in [0.2, 0.25) is 5.91 Å². The average molecular weight is 551 g/mol. The van der Waals surface area contributed by atoms with E-state index in [1.54, 1.807) is 32.1 Å². The van der Waals surface area contributed by atoms with Crippen LogP contribution in [-0.4, -0.2) is 71.2 Å². The van der Waals surface area contributed by atoms with Crippen LogP contribution in [0.25, 0.3) is 0 Å². The van der Waals surface area contributed by atoms with Crippen LogP contribution in [0.15, 0.2) is 46.4 Å². The normalized spacial score (nSPS) is 11.0. The third kappa shape index (κ3) is 8.43. The van der Waals surface area contributed by atoms with E-state index in [-0.39, 0.29) is 36.4 Å². The molecule has 0 radical (unpaired) electrons. The van der Waals surface area contributed by atoms with Gasteiger partial charge in [-0.05, 0) is 12.1 Å². The zero-order valence-electron chi connectivity index (χ0n) is 17.1. The minimum atomic E-state index is -0.0496. The van der Waals surface area contributed by atoms with Gasteiger partial charge >= 0.3 is 0 Å². The third-order valence-corrected chi connectivity index (χ3v) is 5.39. The van der Waals surface area contributed by atoms with Crippen LogP contribution in [0.5, 0.6) is 0 Å². The molecule has 1 aromatic carbocycles. The molecule has 1 heterocycles. The molecule has 10 heteroatoms. The molecule has 0 aliphatic rings. The summed E-state index contributed by atoms with van der Waals surface area (Å²) >= 11 is 7.84. The molecule has 0 bridgehead atoms. The predicted octanol–water partition coefficient (Wildman–Crippen LogP) is 2.95. The minimum Gasteiger partial charge on any atom is -0.355 e. The smallest absolute Gasteiger partial charge is 0.243 e. The first-order valence-corrected chi connectivity index (χ1v) is 10.3. The molecule has 29 heavy (non-hydrogen) atoms. The topological polar surface area (TPSA) is 65.8 Å². The van der Waals surface area contributed by atoms with E-state index in [4.69, 9.17) is 11.6 Å². The van der Waals surface area contributed by atoms with Crippen LogP contribution in [0.3, 0.4) is 0 Å². The standard InChI is InChI=1S/C19H27ClN6OS.HI/c1-24(2)18(27)13-23-19(21-10-11-28-15-8-6-5-7-9-15)25(3)14-17-22-12-16(20)26(17)4;/h5-9,12H,10-11,13-14H2,1-4H3,(H,21,23);1H. The molecule has 0 aliphatic carbocycles. The summed E-state index contributed by atoms with van der Waals surface area (Å²) in [6.45, 7) is 1.34. The first-order valence-electron chi connectivity index (χ1n) is 8.92. The van der Waals surface area contributed by atoms with Gasteiger partial charge in [0.15, 0.2) is 5.96 Å². The van der Waals surface area contributed by atoms with Crippen molar-refractivity contribution in [2.75, 3.05) is 40.0 Å². The molecule has 0 fully saturated rings. The van der Waals surface area contributed by atoms with Crippen molar-refractivity contribution in [3.8, 4) is 0 Å². The van der Waals surface area contributed by atoms with E-state index in [1.165, 1.54) is 9.80 Å². The number of benzene rings is 1. The van der Waals surface area contributed by atoms with E-state index in [0.717, 1.165) is 18.1 Å². The number of carbonyl (C=O) groups is 1. The average Bonchev–Trinajstić information content (AvgIpc) is 2.99. The minimum absolute atomic E-state index is 0. The highest BCUT2D eigenvalue weighted by atomic mass is 127. The lowest BCUT2D eigenvalue weighted by molar-refractivity contribution is -0.127. The van der Waals surface area contributed by atoms with Crippen LogP contribution in [0, 0.1) is 0 Å². The lowest BCUT2D eigenvalue weighted by Crippen LogP contribution is -2.41. The number of nitrogens with one attached hydrogen (secondary N) is 1. The molecule has 1 N–H and O–H groups in total. The van der Waals surface area contributed by atoms with Gasteiger partial charge in [0, 0.05) is 45.4 Å². The highest BCUT2D eigenvalue weighted by Gasteiger charge is 2.13. The lowest BCUT2D eigenvalue weighted by Gasteiger charge is -2.22. The van der Waals surface area contributed by atoms with Crippen molar-refractivity contribution in [2.24, 2.45) is 12.0 Å². The van der Waals surface area contributed by atoms with Gasteiger partial charge in [0.25, 0.3) is 0 Å². The number of aromatic nitrogens is 2. The Balaban J connectivity index is 0.00000420. The Morgan fingerprint density at radius 1 is 1.28 bits per heavy atom. The van der Waals surface area contributed by atoms with E-state index >= 15 is 0 Å². The van der Waals surface area contributed by atoms with Crippen molar-refractivity contribution in [1.29, 1.82) is 0 Å². The van der Waals surface area contributed by atoms with Gasteiger partial charge in [-0.15, -0.1) is 35.7 Å². The zero-order chi connectivity index (χ0) is 20.5. The van der Waals surface area contributed by atoms with Crippen molar-refractivity contribution in [2.45, 2.75) is 11.4 Å². The van der Waals surface area contributed by atoms with E-state index in [0.29, 0.717) is 17.7 Å². The number of hydrogen-bond acceptors (Lipinski definition) is 4. The molecule has 0 unspecified atom stereocenters. The predicted molar refractivity (Wildman–Crippen MR) is 131 cm³/mol. The molecular weight excluding hydrogens is 523 g/mol. The first kappa shape index (κ1) is 25.6. The summed E-state index contributed by atoms with van der Waals surface area (Å²) in [5, 5.41) is 3.93. The molecule has 0 saturated carbocycles. The van der Waals surface area contributed by atoms with E-state index < -0.39 is 0 Å². The largest absolute Gasteiger partial charge is 0.355 e. The number of carbonyl (C=O) groups excluding carboxylic acids is 1. The van der Waals surface area contributed by atoms with Crippen LogP contribution in [0.4, 0.5) is 0 Å². The summed E-state index contributed by atoms with van der Waals surface area (Å²) in [4.78, 5) is 25.4. The summed E-state index contributed by atoms with van der Waals surface area (Å²) in [6.07, 6.45) is 1.63. The van der Waals surface area contributed by atoms with Crippen molar-refractivity contribution >= 4 is 59.2 Å². The maximum absolute atomic E-state index is 11.9. The Hall–Kier alpha value is -1.46. The second-order valence-corrected chi connectivity index (χ2v) is 7.98. The number of nitrogens with zero attached hydrogens (tertiary/aromatic N) is 5. The molecule has 0 saturated heterocycles. The number of amides is 1. The Kier molecular flexibility index (Phi) is 11.4. The van der Waals surface area contributed by atoms with Gasteiger partial charge < -0.3 is 19.7 Å². The summed E-state index contributed by atoms with van der Waals surface area (Å²) in [5.41, 5.74) is 0. The maximum Gasteiger partial charge on any atom is 0.243 e. The SMILES string of the molecule is CN(C)C(=O)CN=C(NCCSc1ccccc1)N(C)Cc1ncc(Cl)n1C.I. The molecule has 0 aliphatic heterocycles. The van der Waals surface area contributed by atoms with Gasteiger partial charge in [0.05, 0.1) is 12.7 Å². The van der Waals surface area contributed by atoms with Crippen molar-refractivity contribution in [3.05, 3.63) is 47.5 Å². The van der Waals surface area contributed by atoms with Crippen molar-refractivity contribution < 1.29 is 4.79 Å². The molecular formula is C19H28ClIN6OS. The molecule has 1 aromatic heterocycles. The second-order valence-electron chi connectivity index (χ2n) is 6.43. The zero-order valence-corrected chi connectivity index (χ0v) is 21.0. The Morgan fingerprint density at radius 3 is 2.55 bits per heavy atom. The van der Waals surface area contributed by atoms with E-state index in [2.05, 4.69) is 27.4 Å². The molecule has 160 valence electrons. The maximum atomic E-state index is 11.9. The van der Waals surface area contributed by atoms with E-state index in [1.807, 2.05) is 41.8 Å². The van der Waals surface area contributed by atoms with Crippen LogP contribution in [-0.2, 0) is 18.4 Å². The van der Waals surface area contributed by atoms with Gasteiger partial charge in [-0.3, -0.25) is 4.79 Å². The summed E-state index contributed by atoms with van der Waals surface area (Å²) in [6, 6.07) is 10.2. The van der Waals surface area contributed by atoms with Crippen molar-refractivity contribution in [1.82, 2.24) is 24.7 Å². The molecule has 7 nitrogen and oxygen atoms in total. The monoisotopic (exact) mass is 550 g/mol. The molecule has 1 amide bonds. The van der Waals surface area contributed by atoms with Gasteiger partial charge in [-0.1, -0.05) is 29.8 Å². The number of aliphatic imine (C=N–C) groups is 1. The fraction of sp³-hybridized carbons (Fsp3) is 0.421. The fourth-order valence-corrected chi connectivity index (χ4v) is 3.24. The number of thioether (sulfide) groups is 1. The number of hydrogen-bond donors (Lipinski definition) is 1. The molecule has 2 aromatic rings. The highest BCUT2D eigenvalue weighted by Crippen LogP contribution is 2.16. The van der Waals surface area contributed by atoms with Crippen molar-refractivity contribution in [3.63, 3.8) is 0 Å². The molecule has 2 rings (SSSR count). The van der Waals surface area contributed by atoms with E-state index in [9.17, 15) is 4.79 Å². The number of imidazole rings is 1. The van der Waals surface area contributed by atoms with Crippen LogP contribution in [0.2, 0.25) is 5.15 Å². The first-order chi connectivity index (χ1) is 13.4. The number of halogens is 2. The number of likely N-dealkylation sites (N-methyl/N-ethyl adjacent to an activating group) is 1. The third-order valence-electron chi connectivity index (χ3n) is 4.03. The Bertz CT molecular complexity index is 799. The highest BCUT2D eigenvalue weighted by molar-refractivity contribution is 14.0. The van der Waals surface area contributed by atoms with Crippen LogP contribution in [0.1, 0.15) is 5.82 Å². The Labute approximate surface area is 198 Å². The van der Waals surface area contributed by atoms with Crippen LogP contribution >= 0.6 is 47.3 Å². The lowest BCUT2D eigenvalue weighted by atomic mass is 10.4. The summed E-state index contributed by atoms with van der Waals surface area (Å²) < 4.78 is 1.83. The summed E-state index contributed by atoms with van der Waals surface area (Å²) in [5.74, 6) is 2.31. The molecule has 0 atom stereocenters. The second kappa shape index (κ2) is 13.0. The Morgan fingerprint density at radius 2 is 1.97 bits per heavy atom. The number of rotatable bonds is 8. The van der Waals surface area contributed by atoms with Gasteiger partial charge in [-0.25, -0.2) is 9.98 Å². The van der Waals surface area contributed by atoms with Gasteiger partial charge in [0.1, 0.15) is 17.5 Å². The summed E-state index contributed by atoms with van der Waals surface area (Å²) in [7, 11) is 7.23. The van der Waals surface area contributed by atoms with Gasteiger partial charge in [-0.2, -0.15) is 0 Å². The quantitative estimate of drug-likeness (QED) is 0.180. The number of guanidine groups is 1. The fourth-order valence-electron chi connectivity index (χ4n) is 2.30.